The third-order valence-corrected chi connectivity index (χ3v) is 9.28. The van der Waals surface area contributed by atoms with Crippen LogP contribution in [0.25, 0.3) is 0 Å². The standard InChI is InChI=1S/C26H31N3O4S/c30-25-9-4-16-29(25)21-10-12-22(13-11-21)34(32,33)28-17-14-20(15-18-28)26(31)27-24-8-3-6-19-5-1-2-7-23(19)24/h1-2,5,7,10-13,20,24H,3-4,6,8-9,14-18H2,(H,27,31). The van der Waals surface area contributed by atoms with Gasteiger partial charge in [-0.3, -0.25) is 9.59 Å². The Balaban J connectivity index is 1.19. The minimum atomic E-state index is -3.63. The molecule has 3 aliphatic rings. The van der Waals surface area contributed by atoms with Crippen molar-refractivity contribution in [3.8, 4) is 0 Å². The van der Waals surface area contributed by atoms with Crippen molar-refractivity contribution in [3.63, 3.8) is 0 Å². The van der Waals surface area contributed by atoms with Crippen LogP contribution in [0.5, 0.6) is 0 Å². The van der Waals surface area contributed by atoms with Gasteiger partial charge in [-0.15, -0.1) is 0 Å². The van der Waals surface area contributed by atoms with Crippen molar-refractivity contribution in [1.82, 2.24) is 9.62 Å². The van der Waals surface area contributed by atoms with E-state index in [0.29, 0.717) is 38.9 Å². The van der Waals surface area contributed by atoms with Crippen molar-refractivity contribution >= 4 is 27.5 Å². The summed E-state index contributed by atoms with van der Waals surface area (Å²) < 4.78 is 27.8. The lowest BCUT2D eigenvalue weighted by Gasteiger charge is -2.32. The fourth-order valence-electron chi connectivity index (χ4n) is 5.42. The van der Waals surface area contributed by atoms with E-state index in [4.69, 9.17) is 0 Å². The number of carbonyl (C=O) groups excluding carboxylic acids is 2. The quantitative estimate of drug-likeness (QED) is 0.709. The van der Waals surface area contributed by atoms with E-state index < -0.39 is 10.0 Å². The van der Waals surface area contributed by atoms with Gasteiger partial charge in [0.25, 0.3) is 0 Å². The largest absolute Gasteiger partial charge is 0.349 e. The second kappa shape index (κ2) is 9.50. The lowest BCUT2D eigenvalue weighted by atomic mass is 9.87. The van der Waals surface area contributed by atoms with Crippen molar-refractivity contribution in [2.45, 2.75) is 55.9 Å². The summed E-state index contributed by atoms with van der Waals surface area (Å²) in [6, 6.07) is 14.9. The van der Waals surface area contributed by atoms with Gasteiger partial charge in [-0.2, -0.15) is 4.31 Å². The van der Waals surface area contributed by atoms with E-state index in [-0.39, 0.29) is 28.7 Å². The molecule has 2 aliphatic heterocycles. The number of hydrogen-bond acceptors (Lipinski definition) is 4. The van der Waals surface area contributed by atoms with Crippen LogP contribution >= 0.6 is 0 Å². The first kappa shape index (κ1) is 23.1. The van der Waals surface area contributed by atoms with Gasteiger partial charge in [-0.05, 0) is 73.9 Å². The van der Waals surface area contributed by atoms with Gasteiger partial charge in [0, 0.05) is 37.7 Å². The van der Waals surface area contributed by atoms with Crippen LogP contribution in [0.2, 0.25) is 0 Å². The number of piperidine rings is 1. The molecule has 0 aromatic heterocycles. The predicted molar refractivity (Wildman–Crippen MR) is 130 cm³/mol. The predicted octanol–water partition coefficient (Wildman–Crippen LogP) is 3.41. The van der Waals surface area contributed by atoms with E-state index in [1.54, 1.807) is 29.2 Å². The molecule has 0 saturated carbocycles. The monoisotopic (exact) mass is 481 g/mol. The van der Waals surface area contributed by atoms with Gasteiger partial charge >= 0.3 is 0 Å². The van der Waals surface area contributed by atoms with Crippen LogP contribution in [0.15, 0.2) is 53.4 Å². The first-order valence-electron chi connectivity index (χ1n) is 12.2. The van der Waals surface area contributed by atoms with Crippen LogP contribution in [0, 0.1) is 5.92 Å². The van der Waals surface area contributed by atoms with Crippen LogP contribution in [0.1, 0.15) is 55.7 Å². The molecular formula is C26H31N3O4S. The lowest BCUT2D eigenvalue weighted by molar-refractivity contribution is -0.127. The normalized spacial score (nSPS) is 21.9. The lowest BCUT2D eigenvalue weighted by Crippen LogP contribution is -2.44. The van der Waals surface area contributed by atoms with Crippen LogP contribution in [-0.2, 0) is 26.0 Å². The van der Waals surface area contributed by atoms with Crippen LogP contribution in [0.4, 0.5) is 5.69 Å². The molecule has 180 valence electrons. The Bertz CT molecular complexity index is 1170. The number of carbonyl (C=O) groups is 2. The second-order valence-electron chi connectivity index (χ2n) is 9.47. The summed E-state index contributed by atoms with van der Waals surface area (Å²) in [6.45, 7) is 1.33. The Morgan fingerprint density at radius 1 is 0.882 bits per heavy atom. The molecule has 2 aromatic carbocycles. The van der Waals surface area contributed by atoms with Crippen molar-refractivity contribution < 1.29 is 18.0 Å². The molecule has 1 unspecified atom stereocenters. The molecule has 2 saturated heterocycles. The van der Waals surface area contributed by atoms with Gasteiger partial charge < -0.3 is 10.2 Å². The van der Waals surface area contributed by atoms with E-state index in [1.807, 2.05) is 12.1 Å². The third-order valence-electron chi connectivity index (χ3n) is 7.37. The first-order valence-corrected chi connectivity index (χ1v) is 13.7. The number of anilines is 1. The second-order valence-corrected chi connectivity index (χ2v) is 11.4. The molecule has 7 nitrogen and oxygen atoms in total. The molecular weight excluding hydrogens is 450 g/mol. The fourth-order valence-corrected chi connectivity index (χ4v) is 6.89. The van der Waals surface area contributed by atoms with Crippen molar-refractivity contribution in [2.75, 3.05) is 24.5 Å². The van der Waals surface area contributed by atoms with E-state index in [0.717, 1.165) is 31.4 Å². The van der Waals surface area contributed by atoms with E-state index in [2.05, 4.69) is 17.4 Å². The molecule has 2 fully saturated rings. The smallest absolute Gasteiger partial charge is 0.243 e. The highest BCUT2D eigenvalue weighted by Gasteiger charge is 2.33. The number of nitrogens with one attached hydrogen (secondary N) is 1. The number of sulfonamides is 1. The molecule has 0 radical (unpaired) electrons. The average molecular weight is 482 g/mol. The highest BCUT2D eigenvalue weighted by Crippen LogP contribution is 2.31. The molecule has 8 heteroatoms. The number of nitrogens with zero attached hydrogens (tertiary/aromatic N) is 2. The van der Waals surface area contributed by atoms with Gasteiger partial charge in [0.1, 0.15) is 0 Å². The zero-order chi connectivity index (χ0) is 23.7. The zero-order valence-corrected chi connectivity index (χ0v) is 20.1. The molecule has 1 N–H and O–H groups in total. The molecule has 2 heterocycles. The van der Waals surface area contributed by atoms with Crippen molar-refractivity contribution in [3.05, 3.63) is 59.7 Å². The Kier molecular flexibility index (Phi) is 6.44. The molecule has 1 aliphatic carbocycles. The summed E-state index contributed by atoms with van der Waals surface area (Å²) in [5.41, 5.74) is 3.25. The summed E-state index contributed by atoms with van der Waals surface area (Å²) in [7, 11) is -3.63. The number of aryl methyl sites for hydroxylation is 1. The molecule has 5 rings (SSSR count). The maximum Gasteiger partial charge on any atom is 0.243 e. The first-order chi connectivity index (χ1) is 16.4. The number of hydrogen-bond donors (Lipinski definition) is 1. The minimum Gasteiger partial charge on any atom is -0.349 e. The summed E-state index contributed by atoms with van der Waals surface area (Å²) in [6.07, 6.45) is 5.44. The maximum absolute atomic E-state index is 13.2. The van der Waals surface area contributed by atoms with Crippen LogP contribution in [0.3, 0.4) is 0 Å². The number of fused-ring (bicyclic) bond motifs is 1. The maximum atomic E-state index is 13.2. The Morgan fingerprint density at radius 3 is 2.32 bits per heavy atom. The van der Waals surface area contributed by atoms with Gasteiger partial charge in [0.2, 0.25) is 21.8 Å². The Labute approximate surface area is 201 Å². The Hall–Kier alpha value is -2.71. The van der Waals surface area contributed by atoms with Gasteiger partial charge in [-0.1, -0.05) is 24.3 Å². The molecule has 1 atom stereocenters. The third kappa shape index (κ3) is 4.49. The van der Waals surface area contributed by atoms with Crippen LogP contribution in [-0.4, -0.2) is 44.2 Å². The summed E-state index contributed by atoms with van der Waals surface area (Å²) in [5, 5.41) is 3.23. The number of amides is 2. The van der Waals surface area contributed by atoms with Gasteiger partial charge in [0.05, 0.1) is 10.9 Å². The van der Waals surface area contributed by atoms with E-state index in [9.17, 15) is 18.0 Å². The zero-order valence-electron chi connectivity index (χ0n) is 19.3. The van der Waals surface area contributed by atoms with Crippen molar-refractivity contribution in [2.24, 2.45) is 5.92 Å². The summed E-state index contributed by atoms with van der Waals surface area (Å²) in [4.78, 5) is 26.9. The Morgan fingerprint density at radius 2 is 1.62 bits per heavy atom. The number of benzene rings is 2. The fraction of sp³-hybridized carbons (Fsp3) is 0.462. The summed E-state index contributed by atoms with van der Waals surface area (Å²) >= 11 is 0. The highest BCUT2D eigenvalue weighted by atomic mass is 32.2. The van der Waals surface area contributed by atoms with E-state index in [1.165, 1.54) is 15.4 Å². The number of rotatable bonds is 5. The minimum absolute atomic E-state index is 0.0263. The highest BCUT2D eigenvalue weighted by molar-refractivity contribution is 7.89. The topological polar surface area (TPSA) is 86.8 Å². The van der Waals surface area contributed by atoms with Gasteiger partial charge in [0.15, 0.2) is 0 Å². The molecule has 0 spiro atoms. The molecule has 34 heavy (non-hydrogen) atoms. The van der Waals surface area contributed by atoms with Gasteiger partial charge in [-0.25, -0.2) is 8.42 Å². The molecule has 0 bridgehead atoms. The van der Waals surface area contributed by atoms with E-state index >= 15 is 0 Å². The SMILES string of the molecule is O=C(NC1CCCc2ccccc21)C1CCN(S(=O)(=O)c2ccc(N3CCCC3=O)cc2)CC1. The molecule has 2 aromatic rings. The van der Waals surface area contributed by atoms with Crippen molar-refractivity contribution in [1.29, 1.82) is 0 Å². The summed E-state index contributed by atoms with van der Waals surface area (Å²) in [5.74, 6) is -0.0739. The van der Waals surface area contributed by atoms with Crippen LogP contribution < -0.4 is 10.2 Å². The average Bonchev–Trinajstić information content (AvgIpc) is 3.30. The molecule has 2 amide bonds.